The van der Waals surface area contributed by atoms with E-state index in [1.807, 2.05) is 6.07 Å². The molecule has 3 aliphatic rings. The van der Waals surface area contributed by atoms with Crippen LogP contribution in [0.3, 0.4) is 0 Å². The van der Waals surface area contributed by atoms with Crippen molar-refractivity contribution in [1.29, 1.82) is 0 Å². The number of furan rings is 1. The third kappa shape index (κ3) is 4.05. The summed E-state index contributed by atoms with van der Waals surface area (Å²) in [5, 5.41) is 2.15. The number of benzene rings is 7. The van der Waals surface area contributed by atoms with Crippen LogP contribution in [0.1, 0.15) is 35.6 Å². The molecule has 2 heterocycles. The first kappa shape index (κ1) is 30.1. The topological polar surface area (TPSA) is 25.6 Å². The number of rotatable bonds is 5. The first-order chi connectivity index (χ1) is 26.2. The van der Waals surface area contributed by atoms with Gasteiger partial charge in [-0.05, 0) is 83.1 Å². The van der Waals surface area contributed by atoms with Gasteiger partial charge in [-0.3, -0.25) is 0 Å². The SMILES string of the molecule is CC12CC=C(C3(c4ccccc4)c4ccccc4-c4ccccc43)C(N(c3ccccc3)c3cccc4oc5ccccc5c34)=C1Oc1ccccc12. The zero-order valence-corrected chi connectivity index (χ0v) is 29.3. The quantitative estimate of drug-likeness (QED) is 0.181. The van der Waals surface area contributed by atoms with E-state index >= 15 is 0 Å². The smallest absolute Gasteiger partial charge is 0.139 e. The van der Waals surface area contributed by atoms with Crippen LogP contribution in [0.2, 0.25) is 0 Å². The van der Waals surface area contributed by atoms with E-state index in [0.29, 0.717) is 0 Å². The summed E-state index contributed by atoms with van der Waals surface area (Å²) in [5.74, 6) is 1.88. The van der Waals surface area contributed by atoms with Gasteiger partial charge in [0.2, 0.25) is 0 Å². The molecule has 0 bridgehead atoms. The van der Waals surface area contributed by atoms with Gasteiger partial charge in [-0.2, -0.15) is 0 Å². The van der Waals surface area contributed by atoms with Gasteiger partial charge in [-0.25, -0.2) is 0 Å². The summed E-state index contributed by atoms with van der Waals surface area (Å²) >= 11 is 0. The molecule has 1 atom stereocenters. The van der Waals surface area contributed by atoms with Crippen molar-refractivity contribution in [3.8, 4) is 16.9 Å². The molecule has 0 spiro atoms. The Labute approximate surface area is 308 Å². The Balaban J connectivity index is 1.31. The zero-order chi connectivity index (χ0) is 35.1. The average Bonchev–Trinajstić information content (AvgIpc) is 3.85. The van der Waals surface area contributed by atoms with Crippen LogP contribution >= 0.6 is 0 Å². The Morgan fingerprint density at radius 3 is 1.91 bits per heavy atom. The molecule has 1 aromatic heterocycles. The molecule has 1 unspecified atom stereocenters. The highest BCUT2D eigenvalue weighted by Crippen LogP contribution is 2.63. The normalized spacial score (nSPS) is 17.9. The summed E-state index contributed by atoms with van der Waals surface area (Å²) in [4.78, 5) is 2.46. The largest absolute Gasteiger partial charge is 0.458 e. The summed E-state index contributed by atoms with van der Waals surface area (Å²) in [6.45, 7) is 2.35. The molecule has 0 fully saturated rings. The number of allylic oxidation sites excluding steroid dienone is 3. The van der Waals surface area contributed by atoms with Gasteiger partial charge >= 0.3 is 0 Å². The minimum atomic E-state index is -0.643. The third-order valence-corrected chi connectivity index (χ3v) is 11.8. The Morgan fingerprint density at radius 2 is 1.15 bits per heavy atom. The molecule has 0 saturated carbocycles. The number of hydrogen-bond donors (Lipinski definition) is 0. The van der Waals surface area contributed by atoms with E-state index in [2.05, 4.69) is 188 Å². The minimum absolute atomic E-state index is 0.398. The van der Waals surface area contributed by atoms with Crippen molar-refractivity contribution in [3.05, 3.63) is 221 Å². The molecule has 252 valence electrons. The van der Waals surface area contributed by atoms with Crippen LogP contribution in [0.4, 0.5) is 11.4 Å². The maximum absolute atomic E-state index is 7.25. The molecule has 3 heteroatoms. The fourth-order valence-corrected chi connectivity index (χ4v) is 9.53. The van der Waals surface area contributed by atoms with E-state index in [4.69, 9.17) is 9.15 Å². The van der Waals surface area contributed by atoms with Crippen molar-refractivity contribution in [2.45, 2.75) is 24.2 Å². The summed E-state index contributed by atoms with van der Waals surface area (Å²) in [6.07, 6.45) is 3.32. The molecule has 8 aromatic rings. The van der Waals surface area contributed by atoms with E-state index in [9.17, 15) is 0 Å². The van der Waals surface area contributed by atoms with Crippen molar-refractivity contribution < 1.29 is 9.15 Å². The number of anilines is 2. The third-order valence-electron chi connectivity index (χ3n) is 11.8. The molecule has 53 heavy (non-hydrogen) atoms. The molecule has 3 nitrogen and oxygen atoms in total. The van der Waals surface area contributed by atoms with Gasteiger partial charge in [0.1, 0.15) is 22.7 Å². The van der Waals surface area contributed by atoms with Crippen LogP contribution in [-0.4, -0.2) is 0 Å². The molecular weight excluding hydrogens is 647 g/mol. The Bertz CT molecular complexity index is 2760. The highest BCUT2D eigenvalue weighted by Gasteiger charge is 2.55. The van der Waals surface area contributed by atoms with Gasteiger partial charge in [0.25, 0.3) is 0 Å². The van der Waals surface area contributed by atoms with Crippen molar-refractivity contribution in [1.82, 2.24) is 0 Å². The van der Waals surface area contributed by atoms with E-state index in [1.54, 1.807) is 0 Å². The lowest BCUT2D eigenvalue weighted by Crippen LogP contribution is -2.40. The second-order valence-corrected chi connectivity index (χ2v) is 14.6. The van der Waals surface area contributed by atoms with Crippen molar-refractivity contribution in [3.63, 3.8) is 0 Å². The maximum Gasteiger partial charge on any atom is 0.139 e. The van der Waals surface area contributed by atoms with Gasteiger partial charge in [-0.15, -0.1) is 0 Å². The molecule has 0 radical (unpaired) electrons. The van der Waals surface area contributed by atoms with E-state index < -0.39 is 10.8 Å². The Kier molecular flexibility index (Phi) is 6.36. The molecule has 0 saturated heterocycles. The lowest BCUT2D eigenvalue weighted by Gasteiger charge is -2.44. The summed E-state index contributed by atoms with van der Waals surface area (Å²) in [5.41, 5.74) is 12.5. The average molecular weight is 682 g/mol. The molecule has 0 amide bonds. The number of ether oxygens (including phenoxy) is 1. The molecule has 1 aliphatic heterocycles. The van der Waals surface area contributed by atoms with Crippen molar-refractivity contribution in [2.24, 2.45) is 0 Å². The first-order valence-corrected chi connectivity index (χ1v) is 18.4. The standard InChI is InChI=1S/C50H35NO2/c1-49-32-31-41(50(33-17-4-2-5-18-33)38-24-11-8-21-35(38)36-22-9-12-25-39(36)50)47(48(49)53-44-29-15-13-26-40(44)49)51(34-19-6-3-7-20-34)42-27-16-30-45-46(42)37-23-10-14-28-43(37)52-45/h2-31H,32H2,1H3. The number of fused-ring (bicyclic) bond motifs is 9. The highest BCUT2D eigenvalue weighted by atomic mass is 16.5. The minimum Gasteiger partial charge on any atom is -0.458 e. The van der Waals surface area contributed by atoms with Crippen LogP contribution in [0.25, 0.3) is 33.1 Å². The van der Waals surface area contributed by atoms with Crippen LogP contribution in [0.15, 0.2) is 203 Å². The van der Waals surface area contributed by atoms with Gasteiger partial charge < -0.3 is 14.1 Å². The predicted octanol–water partition coefficient (Wildman–Crippen LogP) is 12.6. The van der Waals surface area contributed by atoms with Crippen LogP contribution < -0.4 is 9.64 Å². The molecule has 2 aliphatic carbocycles. The van der Waals surface area contributed by atoms with Gasteiger partial charge in [-0.1, -0.05) is 146 Å². The highest BCUT2D eigenvalue weighted by molar-refractivity contribution is 6.13. The number of hydrogen-bond acceptors (Lipinski definition) is 3. The van der Waals surface area contributed by atoms with Crippen LogP contribution in [0, 0.1) is 0 Å². The second-order valence-electron chi connectivity index (χ2n) is 14.6. The Hall–Kier alpha value is -6.58. The van der Waals surface area contributed by atoms with Gasteiger partial charge in [0.05, 0.1) is 27.6 Å². The second kappa shape index (κ2) is 11.2. The first-order valence-electron chi connectivity index (χ1n) is 18.4. The van der Waals surface area contributed by atoms with Gasteiger partial charge in [0, 0.05) is 16.6 Å². The molecule has 11 rings (SSSR count). The van der Waals surface area contributed by atoms with E-state index in [1.165, 1.54) is 39.0 Å². The van der Waals surface area contributed by atoms with Crippen LogP contribution in [0.5, 0.6) is 5.75 Å². The maximum atomic E-state index is 7.25. The molecular formula is C50H35NO2. The molecule has 0 N–H and O–H groups in total. The van der Waals surface area contributed by atoms with Crippen LogP contribution in [-0.2, 0) is 10.8 Å². The Morgan fingerprint density at radius 1 is 0.547 bits per heavy atom. The number of nitrogens with zero attached hydrogens (tertiary/aromatic N) is 1. The predicted molar refractivity (Wildman–Crippen MR) is 215 cm³/mol. The van der Waals surface area contributed by atoms with E-state index in [0.717, 1.165) is 56.9 Å². The lowest BCUT2D eigenvalue weighted by molar-refractivity contribution is 0.365. The fourth-order valence-electron chi connectivity index (χ4n) is 9.53. The number of para-hydroxylation sites is 3. The van der Waals surface area contributed by atoms with Crippen molar-refractivity contribution in [2.75, 3.05) is 4.90 Å². The fraction of sp³-hybridized carbons (Fsp3) is 0.0800. The van der Waals surface area contributed by atoms with Crippen molar-refractivity contribution >= 4 is 33.3 Å². The molecule has 7 aromatic carbocycles. The summed E-state index contributed by atoms with van der Waals surface area (Å²) < 4.78 is 13.8. The monoisotopic (exact) mass is 681 g/mol. The zero-order valence-electron chi connectivity index (χ0n) is 29.3. The lowest BCUT2D eigenvalue weighted by atomic mass is 9.62. The summed E-state index contributed by atoms with van der Waals surface area (Å²) in [6, 6.07) is 63.2. The summed E-state index contributed by atoms with van der Waals surface area (Å²) in [7, 11) is 0. The van der Waals surface area contributed by atoms with Gasteiger partial charge in [0.15, 0.2) is 0 Å². The van der Waals surface area contributed by atoms with E-state index in [-0.39, 0.29) is 0 Å².